The summed E-state index contributed by atoms with van der Waals surface area (Å²) < 4.78 is 13.2. The van der Waals surface area contributed by atoms with Crippen molar-refractivity contribution in [2.75, 3.05) is 5.32 Å². The SMILES string of the molecule is O=C(Nc1ccc(SCc2ccc(Cl)cc2Cl)nn1)c1cccc(F)c1. The molecule has 1 heterocycles. The van der Waals surface area contributed by atoms with Crippen molar-refractivity contribution in [3.63, 3.8) is 0 Å². The Morgan fingerprint density at radius 2 is 1.92 bits per heavy atom. The summed E-state index contributed by atoms with van der Waals surface area (Å²) in [5, 5.41) is 12.5. The maximum atomic E-state index is 13.2. The molecule has 1 amide bonds. The molecule has 3 rings (SSSR count). The van der Waals surface area contributed by atoms with Crippen LogP contribution in [0.25, 0.3) is 0 Å². The van der Waals surface area contributed by atoms with Gasteiger partial charge in [-0.1, -0.05) is 47.1 Å². The van der Waals surface area contributed by atoms with Gasteiger partial charge in [0.15, 0.2) is 5.82 Å². The van der Waals surface area contributed by atoms with Crippen LogP contribution in [0.15, 0.2) is 59.6 Å². The first-order chi connectivity index (χ1) is 12.5. The van der Waals surface area contributed by atoms with Gasteiger partial charge in [-0.05, 0) is 48.0 Å². The molecule has 0 bridgehead atoms. The molecule has 0 unspecified atom stereocenters. The van der Waals surface area contributed by atoms with Crippen LogP contribution in [0.3, 0.4) is 0 Å². The van der Waals surface area contributed by atoms with Crippen molar-refractivity contribution in [1.29, 1.82) is 0 Å². The molecule has 1 aromatic heterocycles. The minimum absolute atomic E-state index is 0.211. The van der Waals surface area contributed by atoms with Gasteiger partial charge in [-0.3, -0.25) is 4.79 Å². The summed E-state index contributed by atoms with van der Waals surface area (Å²) >= 11 is 13.5. The van der Waals surface area contributed by atoms with Crippen LogP contribution in [0.4, 0.5) is 10.2 Å². The second-order valence-electron chi connectivity index (χ2n) is 5.25. The lowest BCUT2D eigenvalue weighted by Gasteiger charge is -2.06. The molecule has 0 aliphatic heterocycles. The maximum Gasteiger partial charge on any atom is 0.256 e. The number of halogens is 3. The zero-order valence-corrected chi connectivity index (χ0v) is 15.6. The van der Waals surface area contributed by atoms with E-state index in [1.807, 2.05) is 6.07 Å². The Bertz CT molecular complexity index is 938. The Kier molecular flexibility index (Phi) is 6.08. The third kappa shape index (κ3) is 4.94. The number of anilines is 1. The van der Waals surface area contributed by atoms with E-state index >= 15 is 0 Å². The summed E-state index contributed by atoms with van der Waals surface area (Å²) in [6.45, 7) is 0. The molecule has 0 atom stereocenters. The number of thioether (sulfide) groups is 1. The van der Waals surface area contributed by atoms with Gasteiger partial charge in [0.1, 0.15) is 10.8 Å². The van der Waals surface area contributed by atoms with E-state index in [-0.39, 0.29) is 11.4 Å². The fourth-order valence-corrected chi connectivity index (χ4v) is 3.44. The van der Waals surface area contributed by atoms with Crippen LogP contribution in [0.5, 0.6) is 0 Å². The minimum atomic E-state index is -0.476. The highest BCUT2D eigenvalue weighted by Crippen LogP contribution is 2.27. The normalized spacial score (nSPS) is 10.6. The van der Waals surface area contributed by atoms with Gasteiger partial charge in [0.2, 0.25) is 0 Å². The van der Waals surface area contributed by atoms with Gasteiger partial charge < -0.3 is 5.32 Å². The fourth-order valence-electron chi connectivity index (χ4n) is 2.07. The zero-order chi connectivity index (χ0) is 18.5. The molecule has 2 aromatic carbocycles. The van der Waals surface area contributed by atoms with E-state index < -0.39 is 11.7 Å². The average Bonchev–Trinajstić information content (AvgIpc) is 2.62. The quantitative estimate of drug-likeness (QED) is 0.569. The van der Waals surface area contributed by atoms with E-state index in [9.17, 15) is 9.18 Å². The van der Waals surface area contributed by atoms with Gasteiger partial charge in [-0.15, -0.1) is 10.2 Å². The second kappa shape index (κ2) is 8.49. The molecule has 0 saturated carbocycles. The third-order valence-corrected chi connectivity index (χ3v) is 4.91. The highest BCUT2D eigenvalue weighted by Gasteiger charge is 2.09. The molecule has 0 aliphatic rings. The molecule has 26 heavy (non-hydrogen) atoms. The Labute approximate surface area is 163 Å². The van der Waals surface area contributed by atoms with Crippen molar-refractivity contribution < 1.29 is 9.18 Å². The molecule has 0 radical (unpaired) electrons. The van der Waals surface area contributed by atoms with Gasteiger partial charge in [0, 0.05) is 21.4 Å². The summed E-state index contributed by atoms with van der Waals surface area (Å²) in [5.41, 5.74) is 1.15. The van der Waals surface area contributed by atoms with Gasteiger partial charge >= 0.3 is 0 Å². The number of amides is 1. The standard InChI is InChI=1S/C18H12Cl2FN3OS/c19-13-5-4-12(15(20)9-13)10-26-17-7-6-16(23-24-17)22-18(25)11-2-1-3-14(21)8-11/h1-9H,10H2,(H,22,23,25). The van der Waals surface area contributed by atoms with Crippen LogP contribution in [0.1, 0.15) is 15.9 Å². The van der Waals surface area contributed by atoms with E-state index in [4.69, 9.17) is 23.2 Å². The molecule has 1 N–H and O–H groups in total. The fraction of sp³-hybridized carbons (Fsp3) is 0.0556. The lowest BCUT2D eigenvalue weighted by Crippen LogP contribution is -2.13. The molecule has 0 fully saturated rings. The first-order valence-electron chi connectivity index (χ1n) is 7.48. The molecule has 0 spiro atoms. The van der Waals surface area contributed by atoms with Gasteiger partial charge in [-0.2, -0.15) is 0 Å². The van der Waals surface area contributed by atoms with E-state index in [0.717, 1.165) is 11.6 Å². The summed E-state index contributed by atoms with van der Waals surface area (Å²) in [5.74, 6) is -0.0312. The van der Waals surface area contributed by atoms with E-state index in [2.05, 4.69) is 15.5 Å². The predicted octanol–water partition coefficient (Wildman–Crippen LogP) is 5.47. The second-order valence-corrected chi connectivity index (χ2v) is 7.08. The Balaban J connectivity index is 1.60. The molecule has 0 aliphatic carbocycles. The number of aromatic nitrogens is 2. The Morgan fingerprint density at radius 1 is 1.08 bits per heavy atom. The van der Waals surface area contributed by atoms with E-state index in [0.29, 0.717) is 20.8 Å². The van der Waals surface area contributed by atoms with Crippen molar-refractivity contribution in [3.8, 4) is 0 Å². The first kappa shape index (κ1) is 18.6. The van der Waals surface area contributed by atoms with Gasteiger partial charge in [0.25, 0.3) is 5.91 Å². The van der Waals surface area contributed by atoms with Gasteiger partial charge in [-0.25, -0.2) is 4.39 Å². The largest absolute Gasteiger partial charge is 0.305 e. The third-order valence-electron chi connectivity index (χ3n) is 3.36. The zero-order valence-electron chi connectivity index (χ0n) is 13.2. The summed E-state index contributed by atoms with van der Waals surface area (Å²) in [4.78, 5) is 12.1. The lowest BCUT2D eigenvalue weighted by molar-refractivity contribution is 0.102. The van der Waals surface area contributed by atoms with Crippen molar-refractivity contribution in [2.45, 2.75) is 10.8 Å². The average molecular weight is 408 g/mol. The van der Waals surface area contributed by atoms with Crippen molar-refractivity contribution in [1.82, 2.24) is 10.2 Å². The van der Waals surface area contributed by atoms with Crippen LogP contribution in [-0.4, -0.2) is 16.1 Å². The number of carbonyl (C=O) groups is 1. The number of hydrogen-bond donors (Lipinski definition) is 1. The molecular weight excluding hydrogens is 396 g/mol. The smallest absolute Gasteiger partial charge is 0.256 e. The van der Waals surface area contributed by atoms with Crippen molar-refractivity contribution in [3.05, 3.63) is 81.6 Å². The first-order valence-corrected chi connectivity index (χ1v) is 9.23. The van der Waals surface area contributed by atoms with E-state index in [1.165, 1.54) is 30.0 Å². The Hall–Kier alpha value is -2.15. The molecule has 132 valence electrons. The number of nitrogens with one attached hydrogen (secondary N) is 1. The number of benzene rings is 2. The molecular formula is C18H12Cl2FN3OS. The summed E-state index contributed by atoms with van der Waals surface area (Å²) in [6.07, 6.45) is 0. The molecule has 3 aromatic rings. The van der Waals surface area contributed by atoms with Crippen molar-refractivity contribution >= 4 is 46.7 Å². The predicted molar refractivity (Wildman–Crippen MR) is 102 cm³/mol. The number of hydrogen-bond acceptors (Lipinski definition) is 4. The maximum absolute atomic E-state index is 13.2. The number of nitrogens with zero attached hydrogens (tertiary/aromatic N) is 2. The highest BCUT2D eigenvalue weighted by atomic mass is 35.5. The highest BCUT2D eigenvalue weighted by molar-refractivity contribution is 7.98. The summed E-state index contributed by atoms with van der Waals surface area (Å²) in [6, 6.07) is 14.1. The Morgan fingerprint density at radius 3 is 2.62 bits per heavy atom. The van der Waals surface area contributed by atoms with Crippen LogP contribution in [-0.2, 0) is 5.75 Å². The van der Waals surface area contributed by atoms with Crippen LogP contribution in [0.2, 0.25) is 10.0 Å². The van der Waals surface area contributed by atoms with Crippen molar-refractivity contribution in [2.24, 2.45) is 0 Å². The molecule has 0 saturated heterocycles. The topological polar surface area (TPSA) is 54.9 Å². The van der Waals surface area contributed by atoms with Crippen LogP contribution < -0.4 is 5.32 Å². The van der Waals surface area contributed by atoms with Gasteiger partial charge in [0.05, 0.1) is 0 Å². The lowest BCUT2D eigenvalue weighted by atomic mass is 10.2. The van der Waals surface area contributed by atoms with E-state index in [1.54, 1.807) is 24.3 Å². The summed E-state index contributed by atoms with van der Waals surface area (Å²) in [7, 11) is 0. The number of rotatable bonds is 5. The molecule has 4 nitrogen and oxygen atoms in total. The number of carbonyl (C=O) groups excluding carboxylic acids is 1. The van der Waals surface area contributed by atoms with Crippen LogP contribution in [0, 0.1) is 5.82 Å². The molecule has 8 heteroatoms. The minimum Gasteiger partial charge on any atom is -0.305 e. The monoisotopic (exact) mass is 407 g/mol. The van der Waals surface area contributed by atoms with Crippen LogP contribution >= 0.6 is 35.0 Å².